The van der Waals surface area contributed by atoms with Crippen molar-refractivity contribution in [3.05, 3.63) is 52.2 Å². The maximum Gasteiger partial charge on any atom is 0.371 e. The summed E-state index contributed by atoms with van der Waals surface area (Å²) < 4.78 is 32.3. The molecular formula is C13H12BrNO5S. The molecule has 1 aromatic carbocycles. The van der Waals surface area contributed by atoms with Crippen molar-refractivity contribution in [1.29, 1.82) is 0 Å². The fraction of sp³-hybridized carbons (Fsp3) is 0.154. The van der Waals surface area contributed by atoms with Crippen molar-refractivity contribution in [2.45, 2.75) is 18.1 Å². The van der Waals surface area contributed by atoms with Gasteiger partial charge in [0.15, 0.2) is 0 Å². The van der Waals surface area contributed by atoms with Crippen LogP contribution in [-0.2, 0) is 10.0 Å². The zero-order chi connectivity index (χ0) is 15.6. The standard InChI is InChI=1S/C13H12BrNO5S/c1-8(9-4-2-3-5-10(9)14)15-21(18,19)12-7-6-11(20-12)13(16)17/h2-8,15H,1H3,(H,16,17)/t8-/m1/s1. The van der Waals surface area contributed by atoms with E-state index in [1.165, 1.54) is 0 Å². The van der Waals surface area contributed by atoms with Crippen molar-refractivity contribution in [3.63, 3.8) is 0 Å². The van der Waals surface area contributed by atoms with E-state index in [0.29, 0.717) is 0 Å². The van der Waals surface area contributed by atoms with Gasteiger partial charge in [-0.3, -0.25) is 0 Å². The van der Waals surface area contributed by atoms with Gasteiger partial charge in [0.1, 0.15) is 0 Å². The summed E-state index contributed by atoms with van der Waals surface area (Å²) in [4.78, 5) is 10.7. The lowest BCUT2D eigenvalue weighted by Crippen LogP contribution is -2.26. The topological polar surface area (TPSA) is 96.6 Å². The van der Waals surface area contributed by atoms with E-state index in [9.17, 15) is 13.2 Å². The Labute approximate surface area is 130 Å². The van der Waals surface area contributed by atoms with E-state index >= 15 is 0 Å². The van der Waals surface area contributed by atoms with Crippen LogP contribution in [0.1, 0.15) is 29.1 Å². The van der Waals surface area contributed by atoms with Gasteiger partial charge in [-0.2, -0.15) is 0 Å². The van der Waals surface area contributed by atoms with Crippen molar-refractivity contribution >= 4 is 31.9 Å². The molecule has 2 N–H and O–H groups in total. The lowest BCUT2D eigenvalue weighted by atomic mass is 10.1. The number of halogens is 1. The lowest BCUT2D eigenvalue weighted by Gasteiger charge is -2.14. The number of nitrogens with one attached hydrogen (secondary N) is 1. The molecule has 8 heteroatoms. The van der Waals surface area contributed by atoms with Crippen LogP contribution in [0.15, 0.2) is 50.4 Å². The van der Waals surface area contributed by atoms with E-state index in [0.717, 1.165) is 22.2 Å². The van der Waals surface area contributed by atoms with Crippen LogP contribution in [0.5, 0.6) is 0 Å². The summed E-state index contributed by atoms with van der Waals surface area (Å²) >= 11 is 3.35. The van der Waals surface area contributed by atoms with Crippen molar-refractivity contribution < 1.29 is 22.7 Å². The Kier molecular flexibility index (Phi) is 4.50. The molecule has 0 aliphatic heterocycles. The maximum atomic E-state index is 12.2. The predicted octanol–water partition coefficient (Wildman–Crippen LogP) is 2.78. The Balaban J connectivity index is 2.24. The number of rotatable bonds is 5. The Morgan fingerprint density at radius 2 is 1.95 bits per heavy atom. The van der Waals surface area contributed by atoms with Gasteiger partial charge in [-0.05, 0) is 30.7 Å². The summed E-state index contributed by atoms with van der Waals surface area (Å²) in [5.41, 5.74) is 0.756. The number of carboxylic acid groups (broad SMARTS) is 1. The first kappa shape index (κ1) is 15.7. The van der Waals surface area contributed by atoms with Crippen LogP contribution < -0.4 is 4.72 Å². The zero-order valence-electron chi connectivity index (χ0n) is 10.9. The maximum absolute atomic E-state index is 12.2. The second-order valence-electron chi connectivity index (χ2n) is 4.29. The fourth-order valence-electron chi connectivity index (χ4n) is 1.76. The van der Waals surface area contributed by atoms with E-state index in [1.54, 1.807) is 25.1 Å². The summed E-state index contributed by atoms with van der Waals surface area (Å²) in [6.07, 6.45) is 0. The molecule has 112 valence electrons. The Hall–Kier alpha value is -1.64. The number of hydrogen-bond acceptors (Lipinski definition) is 4. The summed E-state index contributed by atoms with van der Waals surface area (Å²) in [5, 5.41) is 8.31. The molecule has 0 bridgehead atoms. The SMILES string of the molecule is C[C@@H](NS(=O)(=O)c1ccc(C(=O)O)o1)c1ccccc1Br. The van der Waals surface area contributed by atoms with Gasteiger partial charge in [0.2, 0.25) is 10.9 Å². The van der Waals surface area contributed by atoms with Gasteiger partial charge >= 0.3 is 5.97 Å². The van der Waals surface area contributed by atoms with Crippen LogP contribution in [0, 0.1) is 0 Å². The minimum absolute atomic E-state index is 0.427. The monoisotopic (exact) mass is 373 g/mol. The summed E-state index contributed by atoms with van der Waals surface area (Å²) in [6, 6.07) is 8.89. The molecule has 2 rings (SSSR count). The van der Waals surface area contributed by atoms with Crippen LogP contribution >= 0.6 is 15.9 Å². The van der Waals surface area contributed by atoms with Gasteiger partial charge in [-0.15, -0.1) is 0 Å². The van der Waals surface area contributed by atoms with Crippen LogP contribution in [-0.4, -0.2) is 19.5 Å². The van der Waals surface area contributed by atoms with Gasteiger partial charge in [-0.25, -0.2) is 17.9 Å². The lowest BCUT2D eigenvalue weighted by molar-refractivity contribution is 0.0656. The quantitative estimate of drug-likeness (QED) is 0.839. The highest BCUT2D eigenvalue weighted by atomic mass is 79.9. The first-order valence-corrected chi connectivity index (χ1v) is 8.19. The highest BCUT2D eigenvalue weighted by Crippen LogP contribution is 2.24. The number of furan rings is 1. The molecule has 0 spiro atoms. The highest BCUT2D eigenvalue weighted by Gasteiger charge is 2.24. The molecule has 0 saturated carbocycles. The highest BCUT2D eigenvalue weighted by molar-refractivity contribution is 9.10. The van der Waals surface area contributed by atoms with Gasteiger partial charge < -0.3 is 9.52 Å². The summed E-state index contributed by atoms with van der Waals surface area (Å²) in [5.74, 6) is -1.75. The molecule has 0 unspecified atom stereocenters. The average Bonchev–Trinajstić information content (AvgIpc) is 2.89. The molecule has 21 heavy (non-hydrogen) atoms. The number of sulfonamides is 1. The van der Waals surface area contributed by atoms with Crippen LogP contribution in [0.2, 0.25) is 0 Å². The molecule has 1 aromatic heterocycles. The van der Waals surface area contributed by atoms with Crippen molar-refractivity contribution in [2.24, 2.45) is 0 Å². The third kappa shape index (κ3) is 3.52. The molecule has 2 aromatic rings. The van der Waals surface area contributed by atoms with Gasteiger partial charge in [-0.1, -0.05) is 34.1 Å². The molecule has 0 amide bonds. The third-order valence-electron chi connectivity index (χ3n) is 2.76. The predicted molar refractivity (Wildman–Crippen MR) is 78.5 cm³/mol. The fourth-order valence-corrected chi connectivity index (χ4v) is 3.54. The second-order valence-corrected chi connectivity index (χ2v) is 6.79. The first-order chi connectivity index (χ1) is 9.81. The Morgan fingerprint density at radius 1 is 1.29 bits per heavy atom. The minimum Gasteiger partial charge on any atom is -0.475 e. The molecule has 0 aliphatic carbocycles. The molecule has 0 saturated heterocycles. The van der Waals surface area contributed by atoms with Crippen LogP contribution in [0.3, 0.4) is 0 Å². The van der Waals surface area contributed by atoms with E-state index in [-0.39, 0.29) is 0 Å². The number of carboxylic acids is 1. The van der Waals surface area contributed by atoms with Gasteiger partial charge in [0.25, 0.3) is 10.0 Å². The Bertz CT molecular complexity index is 768. The third-order valence-corrected chi connectivity index (χ3v) is 4.90. The number of aromatic carboxylic acids is 1. The minimum atomic E-state index is -3.94. The molecule has 1 atom stereocenters. The van der Waals surface area contributed by atoms with Gasteiger partial charge in [0.05, 0.1) is 0 Å². The average molecular weight is 374 g/mol. The van der Waals surface area contributed by atoms with Gasteiger partial charge in [0, 0.05) is 10.5 Å². The molecule has 0 radical (unpaired) electrons. The molecular weight excluding hydrogens is 362 g/mol. The molecule has 0 fully saturated rings. The van der Waals surface area contributed by atoms with E-state index in [1.807, 2.05) is 6.07 Å². The number of carbonyl (C=O) groups is 1. The molecule has 0 aliphatic rings. The first-order valence-electron chi connectivity index (χ1n) is 5.91. The van der Waals surface area contributed by atoms with Crippen molar-refractivity contribution in [1.82, 2.24) is 4.72 Å². The normalized spacial score (nSPS) is 13.0. The second kappa shape index (κ2) is 6.00. The van der Waals surface area contributed by atoms with Crippen LogP contribution in [0.4, 0.5) is 0 Å². The van der Waals surface area contributed by atoms with E-state index < -0.39 is 32.9 Å². The van der Waals surface area contributed by atoms with Crippen LogP contribution in [0.25, 0.3) is 0 Å². The summed E-state index contributed by atoms with van der Waals surface area (Å²) in [7, 11) is -3.94. The summed E-state index contributed by atoms with van der Waals surface area (Å²) in [6.45, 7) is 1.68. The van der Waals surface area contributed by atoms with E-state index in [2.05, 4.69) is 20.7 Å². The molecule has 1 heterocycles. The zero-order valence-corrected chi connectivity index (χ0v) is 13.3. The van der Waals surface area contributed by atoms with Crippen molar-refractivity contribution in [3.8, 4) is 0 Å². The molecule has 6 nitrogen and oxygen atoms in total. The van der Waals surface area contributed by atoms with Crippen molar-refractivity contribution in [2.75, 3.05) is 0 Å². The number of benzene rings is 1. The number of hydrogen-bond donors (Lipinski definition) is 2. The smallest absolute Gasteiger partial charge is 0.371 e. The largest absolute Gasteiger partial charge is 0.475 e. The van der Waals surface area contributed by atoms with E-state index in [4.69, 9.17) is 9.52 Å². The Morgan fingerprint density at radius 3 is 2.52 bits per heavy atom.